The van der Waals surface area contributed by atoms with Crippen molar-refractivity contribution in [2.75, 3.05) is 26.2 Å². The van der Waals surface area contributed by atoms with Gasteiger partial charge in [0, 0.05) is 25.7 Å². The number of nitrogens with zero attached hydrogens (tertiary/aromatic N) is 3. The zero-order chi connectivity index (χ0) is 20.0. The van der Waals surface area contributed by atoms with Crippen LogP contribution < -0.4 is 0 Å². The van der Waals surface area contributed by atoms with E-state index in [4.69, 9.17) is 0 Å². The number of hydrogen-bond donors (Lipinski definition) is 0. The smallest absolute Gasteiger partial charge is 0.245 e. The molecule has 3 aliphatic rings. The predicted octanol–water partition coefficient (Wildman–Crippen LogP) is 3.75. The average Bonchev–Trinajstić information content (AvgIpc) is 3.22. The Morgan fingerprint density at radius 3 is 2.34 bits per heavy atom. The zero-order valence-corrected chi connectivity index (χ0v) is 16.4. The van der Waals surface area contributed by atoms with E-state index in [0.29, 0.717) is 12.0 Å². The summed E-state index contributed by atoms with van der Waals surface area (Å²) in [6.07, 6.45) is 2.37. The third kappa shape index (κ3) is 3.34. The second kappa shape index (κ2) is 7.18. The highest BCUT2D eigenvalue weighted by Crippen LogP contribution is 2.47. The van der Waals surface area contributed by atoms with Crippen LogP contribution in [0.2, 0.25) is 0 Å². The minimum atomic E-state index is -0.589. The first-order chi connectivity index (χ1) is 14.0. The lowest BCUT2D eigenvalue weighted by molar-refractivity contribution is -0.144. The van der Waals surface area contributed by atoms with Crippen molar-refractivity contribution in [2.45, 2.75) is 31.8 Å². The molecule has 6 heteroatoms. The molecule has 0 N–H and O–H groups in total. The van der Waals surface area contributed by atoms with Crippen LogP contribution in [0.1, 0.15) is 36.4 Å². The van der Waals surface area contributed by atoms with Crippen LogP contribution in [0.4, 0.5) is 8.78 Å². The van der Waals surface area contributed by atoms with Crippen molar-refractivity contribution < 1.29 is 13.6 Å². The maximum absolute atomic E-state index is 13.7. The van der Waals surface area contributed by atoms with Gasteiger partial charge in [0.1, 0.15) is 11.6 Å². The van der Waals surface area contributed by atoms with Crippen LogP contribution in [0, 0.1) is 17.0 Å². The molecular formula is C23H25F2N3O. The van der Waals surface area contributed by atoms with Crippen molar-refractivity contribution in [1.29, 1.82) is 0 Å². The van der Waals surface area contributed by atoms with Gasteiger partial charge in [-0.1, -0.05) is 30.3 Å². The number of benzene rings is 2. The Morgan fingerprint density at radius 1 is 0.966 bits per heavy atom. The number of fused-ring (bicyclic) bond motifs is 1. The number of carbonyl (C=O) groups excluding carboxylic acids is 1. The average molecular weight is 397 g/mol. The first kappa shape index (κ1) is 18.7. The van der Waals surface area contributed by atoms with Crippen LogP contribution >= 0.6 is 0 Å². The van der Waals surface area contributed by atoms with E-state index in [1.54, 1.807) is 5.01 Å². The number of piperidine rings is 1. The van der Waals surface area contributed by atoms with Crippen molar-refractivity contribution in [1.82, 2.24) is 14.9 Å². The molecule has 3 fully saturated rings. The molecule has 0 aliphatic carbocycles. The Hall–Kier alpha value is -2.31. The summed E-state index contributed by atoms with van der Waals surface area (Å²) >= 11 is 0. The number of hydrogen-bond acceptors (Lipinski definition) is 3. The van der Waals surface area contributed by atoms with E-state index < -0.39 is 11.6 Å². The standard InChI is InChI=1S/C23H25F2N3O/c24-19-12-18(13-20(25)14-19)21-6-9-27-16-23(22(29)28(21)27)7-10-26(11-8-23)15-17-4-2-1-3-5-17/h1-5,12-14,21H,6-11,15-16H2/t21-/m0/s1. The number of carbonyl (C=O) groups is 1. The fraction of sp³-hybridized carbons (Fsp3) is 0.435. The zero-order valence-electron chi connectivity index (χ0n) is 16.4. The minimum absolute atomic E-state index is 0.129. The van der Waals surface area contributed by atoms with Gasteiger partial charge in [0.2, 0.25) is 5.91 Å². The Kier molecular flexibility index (Phi) is 4.63. The van der Waals surface area contributed by atoms with Crippen LogP contribution in [0.3, 0.4) is 0 Å². The molecule has 0 radical (unpaired) electrons. The molecule has 1 amide bonds. The SMILES string of the molecule is O=C1N2[C@H](c3cc(F)cc(F)c3)CCN2CC12CCN(Cc1ccccc1)CC2. The van der Waals surface area contributed by atoms with Crippen molar-refractivity contribution in [3.05, 3.63) is 71.3 Å². The summed E-state index contributed by atoms with van der Waals surface area (Å²) in [5.74, 6) is -1.05. The highest BCUT2D eigenvalue weighted by molar-refractivity contribution is 5.85. The summed E-state index contributed by atoms with van der Waals surface area (Å²) in [6.45, 7) is 4.16. The molecule has 0 bridgehead atoms. The molecule has 0 saturated carbocycles. The van der Waals surface area contributed by atoms with Gasteiger partial charge in [0.15, 0.2) is 0 Å². The molecule has 3 heterocycles. The number of likely N-dealkylation sites (tertiary alicyclic amines) is 1. The number of amides is 1. The molecule has 152 valence electrons. The van der Waals surface area contributed by atoms with Crippen molar-refractivity contribution in [2.24, 2.45) is 5.41 Å². The summed E-state index contributed by atoms with van der Waals surface area (Å²) < 4.78 is 27.5. The van der Waals surface area contributed by atoms with Gasteiger partial charge >= 0.3 is 0 Å². The Balaban J connectivity index is 1.30. The highest BCUT2D eigenvalue weighted by Gasteiger charge is 2.55. The van der Waals surface area contributed by atoms with Crippen molar-refractivity contribution in [3.63, 3.8) is 0 Å². The first-order valence-electron chi connectivity index (χ1n) is 10.3. The summed E-state index contributed by atoms with van der Waals surface area (Å²) in [5.41, 5.74) is 1.48. The van der Waals surface area contributed by atoms with Crippen LogP contribution in [-0.4, -0.2) is 47.0 Å². The van der Waals surface area contributed by atoms with Gasteiger partial charge in [-0.3, -0.25) is 14.7 Å². The topological polar surface area (TPSA) is 26.8 Å². The van der Waals surface area contributed by atoms with E-state index in [1.807, 2.05) is 6.07 Å². The fourth-order valence-electron chi connectivity index (χ4n) is 5.21. The summed E-state index contributed by atoms with van der Waals surface area (Å²) in [7, 11) is 0. The number of halogens is 2. The van der Waals surface area contributed by atoms with Gasteiger partial charge in [0.05, 0.1) is 11.5 Å². The van der Waals surface area contributed by atoms with E-state index in [-0.39, 0.29) is 17.4 Å². The lowest BCUT2D eigenvalue weighted by atomic mass is 9.77. The van der Waals surface area contributed by atoms with E-state index in [2.05, 4.69) is 34.2 Å². The molecule has 2 aromatic rings. The largest absolute Gasteiger partial charge is 0.299 e. The van der Waals surface area contributed by atoms with Crippen LogP contribution in [-0.2, 0) is 11.3 Å². The summed E-state index contributed by atoms with van der Waals surface area (Å²) in [5, 5.41) is 3.89. The highest BCUT2D eigenvalue weighted by atomic mass is 19.1. The second-order valence-corrected chi connectivity index (χ2v) is 8.59. The van der Waals surface area contributed by atoms with Gasteiger partial charge < -0.3 is 0 Å². The monoisotopic (exact) mass is 397 g/mol. The molecule has 0 aromatic heterocycles. The molecule has 1 spiro atoms. The molecule has 3 saturated heterocycles. The molecule has 3 aliphatic heterocycles. The van der Waals surface area contributed by atoms with Gasteiger partial charge in [-0.25, -0.2) is 13.8 Å². The molecular weight excluding hydrogens is 372 g/mol. The molecule has 29 heavy (non-hydrogen) atoms. The summed E-state index contributed by atoms with van der Waals surface area (Å²) in [6, 6.07) is 13.7. The number of rotatable bonds is 3. The molecule has 2 aromatic carbocycles. The van der Waals surface area contributed by atoms with Crippen LogP contribution in [0.25, 0.3) is 0 Å². The number of hydrazine groups is 1. The maximum atomic E-state index is 13.7. The molecule has 5 rings (SSSR count). The second-order valence-electron chi connectivity index (χ2n) is 8.59. The van der Waals surface area contributed by atoms with Gasteiger partial charge in [-0.15, -0.1) is 0 Å². The minimum Gasteiger partial charge on any atom is -0.299 e. The fourth-order valence-corrected chi connectivity index (χ4v) is 5.21. The third-order valence-corrected chi connectivity index (χ3v) is 6.74. The normalized spacial score (nSPS) is 24.4. The van der Waals surface area contributed by atoms with Gasteiger partial charge in [-0.05, 0) is 55.6 Å². The van der Waals surface area contributed by atoms with Gasteiger partial charge in [-0.2, -0.15) is 0 Å². The van der Waals surface area contributed by atoms with E-state index >= 15 is 0 Å². The van der Waals surface area contributed by atoms with Gasteiger partial charge in [0.25, 0.3) is 0 Å². The molecule has 0 unspecified atom stereocenters. The summed E-state index contributed by atoms with van der Waals surface area (Å²) in [4.78, 5) is 15.9. The Morgan fingerprint density at radius 2 is 1.66 bits per heavy atom. The Bertz CT molecular complexity index is 891. The third-order valence-electron chi connectivity index (χ3n) is 6.74. The van der Waals surface area contributed by atoms with Crippen molar-refractivity contribution >= 4 is 5.91 Å². The van der Waals surface area contributed by atoms with E-state index in [1.165, 1.54) is 17.7 Å². The van der Waals surface area contributed by atoms with Crippen LogP contribution in [0.15, 0.2) is 48.5 Å². The quantitative estimate of drug-likeness (QED) is 0.789. The lowest BCUT2D eigenvalue weighted by Gasteiger charge is -2.38. The Labute approximate surface area is 169 Å². The lowest BCUT2D eigenvalue weighted by Crippen LogP contribution is -2.45. The van der Waals surface area contributed by atoms with E-state index in [0.717, 1.165) is 51.6 Å². The van der Waals surface area contributed by atoms with E-state index in [9.17, 15) is 13.6 Å². The predicted molar refractivity (Wildman–Crippen MR) is 106 cm³/mol. The first-order valence-corrected chi connectivity index (χ1v) is 10.3. The van der Waals surface area contributed by atoms with Crippen LogP contribution in [0.5, 0.6) is 0 Å². The molecule has 1 atom stereocenters. The van der Waals surface area contributed by atoms with Crippen molar-refractivity contribution in [3.8, 4) is 0 Å². The maximum Gasteiger partial charge on any atom is 0.245 e. The molecule has 4 nitrogen and oxygen atoms in total.